The van der Waals surface area contributed by atoms with Crippen LogP contribution in [0.5, 0.6) is 0 Å². The number of nitrogens with zero attached hydrogens (tertiary/aromatic N) is 1. The lowest BCUT2D eigenvalue weighted by molar-refractivity contribution is -0.128. The molecule has 1 N–H and O–H groups in total. The van der Waals surface area contributed by atoms with Gasteiger partial charge in [-0.2, -0.15) is 0 Å². The molecule has 2 aliphatic rings. The fourth-order valence-electron chi connectivity index (χ4n) is 5.30. The van der Waals surface area contributed by atoms with Crippen molar-refractivity contribution in [2.45, 2.75) is 46.1 Å². The smallest absolute Gasteiger partial charge is 0.270 e. The summed E-state index contributed by atoms with van der Waals surface area (Å²) >= 11 is 0. The molecule has 1 aromatic heterocycles. The van der Waals surface area contributed by atoms with Crippen molar-refractivity contribution in [2.75, 3.05) is 6.54 Å². The lowest BCUT2D eigenvalue weighted by Crippen LogP contribution is -2.42. The van der Waals surface area contributed by atoms with Crippen LogP contribution in [0.15, 0.2) is 58.8 Å². The van der Waals surface area contributed by atoms with Gasteiger partial charge in [0.1, 0.15) is 11.5 Å². The molecule has 1 aliphatic carbocycles. The van der Waals surface area contributed by atoms with Gasteiger partial charge in [-0.05, 0) is 54.4 Å². The van der Waals surface area contributed by atoms with Gasteiger partial charge in [-0.3, -0.25) is 9.59 Å². The Morgan fingerprint density at radius 3 is 2.55 bits per heavy atom. The zero-order valence-electron chi connectivity index (χ0n) is 17.3. The lowest BCUT2D eigenvalue weighted by Gasteiger charge is -2.39. The molecule has 0 spiro atoms. The normalized spacial score (nSPS) is 25.7. The highest BCUT2D eigenvalue weighted by molar-refractivity contribution is 6.05. The van der Waals surface area contributed by atoms with Crippen LogP contribution < -0.4 is 5.32 Å². The molecule has 29 heavy (non-hydrogen) atoms. The Hall–Kier alpha value is -2.82. The Bertz CT molecular complexity index is 930. The predicted molar refractivity (Wildman–Crippen MR) is 112 cm³/mol. The lowest BCUT2D eigenvalue weighted by atomic mass is 9.65. The van der Waals surface area contributed by atoms with E-state index >= 15 is 0 Å². The fraction of sp³-hybridized carbons (Fsp3) is 0.417. The van der Waals surface area contributed by atoms with Gasteiger partial charge in [-0.25, -0.2) is 0 Å². The zero-order chi connectivity index (χ0) is 20.6. The van der Waals surface area contributed by atoms with Crippen molar-refractivity contribution in [3.63, 3.8) is 0 Å². The Morgan fingerprint density at radius 1 is 1.10 bits per heavy atom. The summed E-state index contributed by atoms with van der Waals surface area (Å²) < 4.78 is 5.41. The average molecular weight is 392 g/mol. The van der Waals surface area contributed by atoms with E-state index in [1.165, 1.54) is 0 Å². The number of carbonyl (C=O) groups is 2. The van der Waals surface area contributed by atoms with E-state index in [1.807, 2.05) is 11.0 Å². The van der Waals surface area contributed by atoms with Crippen molar-refractivity contribution in [3.8, 4) is 0 Å². The van der Waals surface area contributed by atoms with E-state index in [2.05, 4.69) is 26.1 Å². The number of carbonyl (C=O) groups excluding carboxylic acids is 2. The molecule has 2 amide bonds. The first kappa shape index (κ1) is 19.5. The van der Waals surface area contributed by atoms with Gasteiger partial charge in [0, 0.05) is 24.2 Å². The summed E-state index contributed by atoms with van der Waals surface area (Å²) in [5.41, 5.74) is 1.10. The highest BCUT2D eigenvalue weighted by atomic mass is 16.3. The average Bonchev–Trinajstić information content (AvgIpc) is 3.25. The molecule has 2 fully saturated rings. The summed E-state index contributed by atoms with van der Waals surface area (Å²) in [6.45, 7) is 7.55. The van der Waals surface area contributed by atoms with Gasteiger partial charge in [-0.1, -0.05) is 39.0 Å². The molecule has 1 aliphatic heterocycles. The van der Waals surface area contributed by atoms with Crippen molar-refractivity contribution in [1.82, 2.24) is 10.2 Å². The molecule has 5 nitrogen and oxygen atoms in total. The molecule has 2 unspecified atom stereocenters. The Labute approximate surface area is 171 Å². The first-order valence-corrected chi connectivity index (χ1v) is 10.2. The Balaban J connectivity index is 1.62. The first-order valence-electron chi connectivity index (χ1n) is 10.2. The summed E-state index contributed by atoms with van der Waals surface area (Å²) in [6, 6.07) is 12.7. The van der Waals surface area contributed by atoms with Crippen LogP contribution in [0.1, 0.15) is 56.2 Å². The van der Waals surface area contributed by atoms with Crippen molar-refractivity contribution < 1.29 is 14.0 Å². The van der Waals surface area contributed by atoms with E-state index in [4.69, 9.17) is 4.42 Å². The number of likely N-dealkylation sites (tertiary alicyclic amines) is 1. The summed E-state index contributed by atoms with van der Waals surface area (Å²) in [4.78, 5) is 28.2. The van der Waals surface area contributed by atoms with Gasteiger partial charge in [-0.15, -0.1) is 0 Å². The molecule has 2 bridgehead atoms. The number of nitrogens with one attached hydrogen (secondary N) is 1. The maximum Gasteiger partial charge on any atom is 0.270 e. The number of benzene rings is 1. The molecular formula is C24H28N2O3. The number of amides is 2. The molecule has 5 heteroatoms. The van der Waals surface area contributed by atoms with Crippen LogP contribution in [0, 0.1) is 10.8 Å². The van der Waals surface area contributed by atoms with Crippen LogP contribution >= 0.6 is 0 Å². The quantitative estimate of drug-likeness (QED) is 0.781. The second kappa shape index (κ2) is 7.21. The van der Waals surface area contributed by atoms with E-state index in [0.717, 1.165) is 25.8 Å². The van der Waals surface area contributed by atoms with Gasteiger partial charge in [0.2, 0.25) is 0 Å². The molecule has 1 aromatic carbocycles. The number of hydrogen-bond acceptors (Lipinski definition) is 3. The number of rotatable bonds is 4. The molecule has 2 atom stereocenters. The van der Waals surface area contributed by atoms with E-state index < -0.39 is 0 Å². The highest BCUT2D eigenvalue weighted by Gasteiger charge is 2.51. The van der Waals surface area contributed by atoms with Crippen molar-refractivity contribution in [2.24, 2.45) is 10.8 Å². The fourth-order valence-corrected chi connectivity index (χ4v) is 5.30. The third-order valence-electron chi connectivity index (χ3n) is 6.02. The topological polar surface area (TPSA) is 62.6 Å². The van der Waals surface area contributed by atoms with Crippen LogP contribution in [0.2, 0.25) is 0 Å². The summed E-state index contributed by atoms with van der Waals surface area (Å²) in [6.07, 6.45) is 6.28. The largest absolute Gasteiger partial charge is 0.465 e. The second-order valence-corrected chi connectivity index (χ2v) is 9.54. The third-order valence-corrected chi connectivity index (χ3v) is 6.02. The van der Waals surface area contributed by atoms with E-state index in [9.17, 15) is 9.59 Å². The van der Waals surface area contributed by atoms with Gasteiger partial charge >= 0.3 is 0 Å². The van der Waals surface area contributed by atoms with Crippen LogP contribution in [0.3, 0.4) is 0 Å². The van der Waals surface area contributed by atoms with Gasteiger partial charge < -0.3 is 14.6 Å². The maximum absolute atomic E-state index is 13.5. The molecular weight excluding hydrogens is 364 g/mol. The van der Waals surface area contributed by atoms with Crippen molar-refractivity contribution in [1.29, 1.82) is 0 Å². The Kier molecular flexibility index (Phi) is 4.85. The van der Waals surface area contributed by atoms with Gasteiger partial charge in [0.15, 0.2) is 0 Å². The van der Waals surface area contributed by atoms with Gasteiger partial charge in [0.25, 0.3) is 11.8 Å². The zero-order valence-corrected chi connectivity index (χ0v) is 17.3. The molecule has 4 rings (SSSR count). The first-order chi connectivity index (χ1) is 13.7. The number of furan rings is 1. The highest BCUT2D eigenvalue weighted by Crippen LogP contribution is 2.52. The minimum Gasteiger partial charge on any atom is -0.465 e. The minimum atomic E-state index is -0.300. The third kappa shape index (κ3) is 4.14. The van der Waals surface area contributed by atoms with E-state index in [-0.39, 0.29) is 34.4 Å². The van der Waals surface area contributed by atoms with Crippen molar-refractivity contribution >= 4 is 17.9 Å². The van der Waals surface area contributed by atoms with E-state index in [0.29, 0.717) is 11.3 Å². The standard InChI is InChI=1S/C24H28N2O3/c1-23(2)13-18-14-24(3,15-23)16-26(18)22(28)20(12-19-10-7-11-29-19)25-21(27)17-8-5-4-6-9-17/h4-12,18H,13-16H2,1-3H3,(H,25,27). The second-order valence-electron chi connectivity index (χ2n) is 9.54. The SMILES string of the molecule is CC1(C)CC2CC(C)(CN2C(=O)C(=Cc2ccco2)NC(=O)c2ccccc2)C1. The summed E-state index contributed by atoms with van der Waals surface area (Å²) in [5.74, 6) is 0.0954. The molecule has 0 radical (unpaired) electrons. The van der Waals surface area contributed by atoms with E-state index in [1.54, 1.807) is 48.7 Å². The Morgan fingerprint density at radius 2 is 1.86 bits per heavy atom. The molecule has 2 heterocycles. The predicted octanol–water partition coefficient (Wildman–Crippen LogP) is 4.48. The van der Waals surface area contributed by atoms with Crippen LogP contribution in [0.25, 0.3) is 6.08 Å². The van der Waals surface area contributed by atoms with Crippen LogP contribution in [0.4, 0.5) is 0 Å². The number of fused-ring (bicyclic) bond motifs is 2. The minimum absolute atomic E-state index is 0.126. The van der Waals surface area contributed by atoms with Crippen LogP contribution in [-0.4, -0.2) is 29.3 Å². The number of hydrogen-bond donors (Lipinski definition) is 1. The summed E-state index contributed by atoms with van der Waals surface area (Å²) in [5, 5.41) is 2.83. The molecule has 2 aromatic rings. The molecule has 152 valence electrons. The molecule has 1 saturated carbocycles. The van der Waals surface area contributed by atoms with Gasteiger partial charge in [0.05, 0.1) is 6.26 Å². The maximum atomic E-state index is 13.5. The molecule has 1 saturated heterocycles. The monoisotopic (exact) mass is 392 g/mol. The summed E-state index contributed by atoms with van der Waals surface area (Å²) in [7, 11) is 0. The van der Waals surface area contributed by atoms with Crippen LogP contribution in [-0.2, 0) is 4.79 Å². The van der Waals surface area contributed by atoms with Crippen molar-refractivity contribution in [3.05, 3.63) is 65.7 Å².